The molecule has 0 bridgehead atoms. The normalized spacial score (nSPS) is 20.0. The van der Waals surface area contributed by atoms with Crippen molar-refractivity contribution in [3.8, 4) is 0 Å². The fourth-order valence-electron chi connectivity index (χ4n) is 4.19. The van der Waals surface area contributed by atoms with E-state index < -0.39 is 0 Å². The van der Waals surface area contributed by atoms with E-state index in [2.05, 4.69) is 4.98 Å². The van der Waals surface area contributed by atoms with Crippen LogP contribution in [0.1, 0.15) is 61.3 Å². The molecule has 4 rings (SSSR count). The number of rotatable bonds is 3. The Morgan fingerprint density at radius 3 is 2.71 bits per heavy atom. The molecule has 2 aliphatic heterocycles. The largest absolute Gasteiger partial charge is 0.338 e. The number of carbonyl (C=O) groups excluding carboxylic acids is 2. The monoisotopic (exact) mass is 378 g/mol. The summed E-state index contributed by atoms with van der Waals surface area (Å²) in [5.74, 6) is 0.777. The first-order valence-electron chi connectivity index (χ1n) is 10.00. The van der Waals surface area contributed by atoms with Crippen LogP contribution in [0.5, 0.6) is 0 Å². The van der Waals surface area contributed by atoms with Crippen molar-refractivity contribution in [3.63, 3.8) is 0 Å². The van der Waals surface area contributed by atoms with Gasteiger partial charge in [0.15, 0.2) is 5.82 Å². The topological polar surface area (TPSA) is 66.4 Å². The number of hydrogen-bond acceptors (Lipinski definition) is 4. The fourth-order valence-corrected chi connectivity index (χ4v) is 4.19. The maximum atomic E-state index is 13.2. The molecule has 3 heterocycles. The quantitative estimate of drug-likeness (QED) is 0.824. The highest BCUT2D eigenvalue weighted by Crippen LogP contribution is 2.33. The van der Waals surface area contributed by atoms with Crippen LogP contribution in [0.4, 0.5) is 0 Å². The summed E-state index contributed by atoms with van der Waals surface area (Å²) in [6.07, 6.45) is 4.45. The smallest absolute Gasteiger partial charge is 0.230 e. The molecule has 1 aromatic heterocycles. The van der Waals surface area contributed by atoms with Gasteiger partial charge in [0.1, 0.15) is 0 Å². The predicted molar refractivity (Wildman–Crippen MR) is 105 cm³/mol. The molecule has 28 heavy (non-hydrogen) atoms. The number of hydrogen-bond donors (Lipinski definition) is 0. The van der Waals surface area contributed by atoms with Gasteiger partial charge in [0.2, 0.25) is 11.8 Å². The van der Waals surface area contributed by atoms with E-state index in [-0.39, 0.29) is 23.8 Å². The highest BCUT2D eigenvalue weighted by Gasteiger charge is 2.35. The van der Waals surface area contributed by atoms with Crippen molar-refractivity contribution < 1.29 is 9.59 Å². The molecule has 2 atom stereocenters. The van der Waals surface area contributed by atoms with Gasteiger partial charge in [0, 0.05) is 44.7 Å². The van der Waals surface area contributed by atoms with Gasteiger partial charge in [-0.25, -0.2) is 9.97 Å². The Morgan fingerprint density at radius 1 is 1.18 bits per heavy atom. The van der Waals surface area contributed by atoms with Crippen LogP contribution in [0.3, 0.4) is 0 Å². The third-order valence-corrected chi connectivity index (χ3v) is 5.90. The van der Waals surface area contributed by atoms with Crippen molar-refractivity contribution >= 4 is 11.8 Å². The minimum atomic E-state index is -0.177. The average molecular weight is 378 g/mol. The highest BCUT2D eigenvalue weighted by molar-refractivity contribution is 5.84. The maximum Gasteiger partial charge on any atom is 0.230 e. The molecule has 1 saturated heterocycles. The Bertz CT molecular complexity index is 883. The van der Waals surface area contributed by atoms with E-state index in [1.807, 2.05) is 53.3 Å². The Labute approximate surface area is 165 Å². The fraction of sp³-hybridized carbons (Fsp3) is 0.455. The first-order chi connectivity index (χ1) is 13.5. The van der Waals surface area contributed by atoms with Crippen molar-refractivity contribution in [2.75, 3.05) is 13.1 Å². The van der Waals surface area contributed by atoms with E-state index in [9.17, 15) is 9.59 Å². The molecule has 6 heteroatoms. The van der Waals surface area contributed by atoms with Crippen molar-refractivity contribution in [2.45, 2.75) is 51.6 Å². The molecule has 1 fully saturated rings. The van der Waals surface area contributed by atoms with Gasteiger partial charge in [0.25, 0.3) is 0 Å². The molecular weight excluding hydrogens is 352 g/mol. The third-order valence-electron chi connectivity index (χ3n) is 5.90. The lowest BCUT2D eigenvalue weighted by Gasteiger charge is -2.29. The average Bonchev–Trinajstić information content (AvgIpc) is 3.22. The molecule has 2 aliphatic rings. The number of fused-ring (bicyclic) bond motifs is 1. The zero-order valence-corrected chi connectivity index (χ0v) is 16.5. The van der Waals surface area contributed by atoms with Gasteiger partial charge in [-0.3, -0.25) is 9.59 Å². The molecule has 0 saturated carbocycles. The van der Waals surface area contributed by atoms with Gasteiger partial charge in [0.05, 0.1) is 17.7 Å². The number of amides is 2. The second-order valence-electron chi connectivity index (χ2n) is 7.71. The van der Waals surface area contributed by atoms with Crippen LogP contribution < -0.4 is 0 Å². The van der Waals surface area contributed by atoms with Gasteiger partial charge in [-0.2, -0.15) is 0 Å². The molecule has 146 valence electrons. The zero-order valence-electron chi connectivity index (χ0n) is 16.5. The van der Waals surface area contributed by atoms with E-state index in [0.717, 1.165) is 48.5 Å². The molecule has 0 N–H and O–H groups in total. The van der Waals surface area contributed by atoms with E-state index >= 15 is 0 Å². The number of aromatic nitrogens is 2. The summed E-state index contributed by atoms with van der Waals surface area (Å²) >= 11 is 0. The SMILES string of the molecule is CC(=O)N1CCc2nc(C3CCCN3C(=O)C(C)c3ccccc3)ncc2C1. The summed E-state index contributed by atoms with van der Waals surface area (Å²) in [6, 6.07) is 9.85. The lowest BCUT2D eigenvalue weighted by molar-refractivity contribution is -0.133. The molecule has 2 unspecified atom stereocenters. The summed E-state index contributed by atoms with van der Waals surface area (Å²) in [6.45, 7) is 5.58. The number of likely N-dealkylation sites (tertiary alicyclic amines) is 1. The van der Waals surface area contributed by atoms with Gasteiger partial charge >= 0.3 is 0 Å². The van der Waals surface area contributed by atoms with Crippen LogP contribution in [0.25, 0.3) is 0 Å². The van der Waals surface area contributed by atoms with E-state index in [4.69, 9.17) is 4.98 Å². The molecule has 0 aliphatic carbocycles. The van der Waals surface area contributed by atoms with Crippen LogP contribution in [0, 0.1) is 0 Å². The molecule has 1 aromatic carbocycles. The Balaban J connectivity index is 1.54. The Morgan fingerprint density at radius 2 is 1.96 bits per heavy atom. The molecule has 2 amide bonds. The van der Waals surface area contributed by atoms with Crippen molar-refractivity contribution in [3.05, 3.63) is 59.2 Å². The summed E-state index contributed by atoms with van der Waals surface area (Å²) in [7, 11) is 0. The van der Waals surface area contributed by atoms with Crippen LogP contribution in [-0.4, -0.2) is 44.7 Å². The standard InChI is InChI=1S/C22H26N4O2/c1-15(17-7-4-3-5-8-17)22(28)26-11-6-9-20(26)21-23-13-18-14-25(16(2)27)12-10-19(18)24-21/h3-5,7-8,13,15,20H,6,9-12,14H2,1-2H3. The zero-order chi connectivity index (χ0) is 19.7. The summed E-state index contributed by atoms with van der Waals surface area (Å²) in [5, 5.41) is 0. The predicted octanol–water partition coefficient (Wildman–Crippen LogP) is 2.85. The van der Waals surface area contributed by atoms with Crippen molar-refractivity contribution in [1.29, 1.82) is 0 Å². The highest BCUT2D eigenvalue weighted by atomic mass is 16.2. The van der Waals surface area contributed by atoms with E-state index in [1.165, 1.54) is 0 Å². The van der Waals surface area contributed by atoms with Crippen molar-refractivity contribution in [1.82, 2.24) is 19.8 Å². The summed E-state index contributed by atoms with van der Waals surface area (Å²) in [5.41, 5.74) is 3.06. The van der Waals surface area contributed by atoms with Gasteiger partial charge < -0.3 is 9.80 Å². The third kappa shape index (κ3) is 3.51. The second kappa shape index (κ2) is 7.70. The Kier molecular flexibility index (Phi) is 5.11. The van der Waals surface area contributed by atoms with Crippen LogP contribution in [-0.2, 0) is 22.6 Å². The Hall–Kier alpha value is -2.76. The summed E-state index contributed by atoms with van der Waals surface area (Å²) in [4.78, 5) is 38.0. The molecule has 6 nitrogen and oxygen atoms in total. The first-order valence-corrected chi connectivity index (χ1v) is 10.00. The lowest BCUT2D eigenvalue weighted by Crippen LogP contribution is -2.36. The van der Waals surface area contributed by atoms with Gasteiger partial charge in [-0.05, 0) is 25.3 Å². The number of nitrogens with zero attached hydrogens (tertiary/aromatic N) is 4. The lowest BCUT2D eigenvalue weighted by atomic mass is 9.99. The van der Waals surface area contributed by atoms with Crippen molar-refractivity contribution in [2.24, 2.45) is 0 Å². The second-order valence-corrected chi connectivity index (χ2v) is 7.71. The van der Waals surface area contributed by atoms with Crippen LogP contribution in [0.15, 0.2) is 36.5 Å². The number of benzene rings is 1. The van der Waals surface area contributed by atoms with Gasteiger partial charge in [-0.1, -0.05) is 30.3 Å². The summed E-state index contributed by atoms with van der Waals surface area (Å²) < 4.78 is 0. The van der Waals surface area contributed by atoms with E-state index in [0.29, 0.717) is 13.1 Å². The number of carbonyl (C=O) groups is 2. The minimum absolute atomic E-state index is 0.0604. The van der Waals surface area contributed by atoms with E-state index in [1.54, 1.807) is 6.92 Å². The molecule has 0 spiro atoms. The first kappa shape index (κ1) is 18.6. The minimum Gasteiger partial charge on any atom is -0.338 e. The van der Waals surface area contributed by atoms with Gasteiger partial charge in [-0.15, -0.1) is 0 Å². The molecule has 0 radical (unpaired) electrons. The van der Waals surface area contributed by atoms with Crippen LogP contribution >= 0.6 is 0 Å². The maximum absolute atomic E-state index is 13.2. The molecule has 2 aromatic rings. The van der Waals surface area contributed by atoms with Crippen LogP contribution in [0.2, 0.25) is 0 Å². The molecular formula is C22H26N4O2.